The SMILES string of the molecule is CCCCC/C=C\CCCCCCCC(=O)OC1CCC2(C)C(=CCC3C2CCC2(C)C(C(C)CCC(C)C(C)C)CCC32)C1. The molecule has 0 spiro atoms. The van der Waals surface area contributed by atoms with Crippen LogP contribution < -0.4 is 0 Å². The van der Waals surface area contributed by atoms with Crippen LogP contribution in [0.4, 0.5) is 0 Å². The van der Waals surface area contributed by atoms with Crippen molar-refractivity contribution in [3.63, 3.8) is 0 Å². The molecule has 0 aromatic carbocycles. The van der Waals surface area contributed by atoms with Crippen LogP contribution in [0.3, 0.4) is 0 Å². The first-order valence-electron chi connectivity index (χ1n) is 20.1. The molecule has 4 aliphatic carbocycles. The van der Waals surface area contributed by atoms with E-state index in [0.29, 0.717) is 17.3 Å². The van der Waals surface area contributed by atoms with Crippen LogP contribution in [0.2, 0.25) is 0 Å². The van der Waals surface area contributed by atoms with Gasteiger partial charge in [0.15, 0.2) is 0 Å². The van der Waals surface area contributed by atoms with Crippen molar-refractivity contribution >= 4 is 5.97 Å². The molecule has 9 atom stereocenters. The average Bonchev–Trinajstić information content (AvgIpc) is 3.37. The van der Waals surface area contributed by atoms with Gasteiger partial charge < -0.3 is 4.74 Å². The van der Waals surface area contributed by atoms with Gasteiger partial charge in [0.1, 0.15) is 6.10 Å². The zero-order chi connectivity index (χ0) is 32.5. The summed E-state index contributed by atoms with van der Waals surface area (Å²) in [5, 5.41) is 0. The van der Waals surface area contributed by atoms with Gasteiger partial charge in [0.25, 0.3) is 0 Å². The third-order valence-corrected chi connectivity index (χ3v) is 14.2. The third kappa shape index (κ3) is 9.31. The number of hydrogen-bond acceptors (Lipinski definition) is 2. The average molecular weight is 623 g/mol. The molecule has 0 saturated heterocycles. The van der Waals surface area contributed by atoms with Crippen LogP contribution in [0.25, 0.3) is 0 Å². The van der Waals surface area contributed by atoms with E-state index in [0.717, 1.165) is 67.1 Å². The molecule has 2 nitrogen and oxygen atoms in total. The molecule has 0 aromatic heterocycles. The highest BCUT2D eigenvalue weighted by Crippen LogP contribution is 2.67. The first kappa shape index (κ1) is 36.8. The summed E-state index contributed by atoms with van der Waals surface area (Å²) in [6.07, 6.45) is 33.6. The Labute approximate surface area is 280 Å². The first-order chi connectivity index (χ1) is 21.6. The van der Waals surface area contributed by atoms with Crippen LogP contribution in [-0.2, 0) is 9.53 Å². The van der Waals surface area contributed by atoms with Crippen LogP contribution in [0.15, 0.2) is 23.8 Å². The van der Waals surface area contributed by atoms with Crippen LogP contribution in [0.1, 0.15) is 183 Å². The zero-order valence-corrected chi connectivity index (χ0v) is 31.0. The Hall–Kier alpha value is -1.05. The number of unbranched alkanes of at least 4 members (excludes halogenated alkanes) is 8. The third-order valence-electron chi connectivity index (χ3n) is 14.2. The van der Waals surface area contributed by atoms with E-state index < -0.39 is 0 Å². The largest absolute Gasteiger partial charge is 0.462 e. The van der Waals surface area contributed by atoms with Gasteiger partial charge in [0, 0.05) is 12.8 Å². The highest BCUT2D eigenvalue weighted by atomic mass is 16.5. The van der Waals surface area contributed by atoms with E-state index in [-0.39, 0.29) is 12.1 Å². The van der Waals surface area contributed by atoms with E-state index in [1.807, 2.05) is 0 Å². The molecule has 0 bridgehead atoms. The molecule has 0 radical (unpaired) electrons. The summed E-state index contributed by atoms with van der Waals surface area (Å²) < 4.78 is 6.11. The highest BCUT2D eigenvalue weighted by molar-refractivity contribution is 5.69. The van der Waals surface area contributed by atoms with Gasteiger partial charge in [0.05, 0.1) is 0 Å². The maximum Gasteiger partial charge on any atom is 0.306 e. The molecule has 2 heteroatoms. The fourth-order valence-corrected chi connectivity index (χ4v) is 10.8. The van der Waals surface area contributed by atoms with Crippen molar-refractivity contribution in [2.24, 2.45) is 52.3 Å². The fraction of sp³-hybridized carbons (Fsp3) is 0.884. The summed E-state index contributed by atoms with van der Waals surface area (Å²) in [5.41, 5.74) is 2.51. The molecule has 0 heterocycles. The molecule has 0 aliphatic heterocycles. The van der Waals surface area contributed by atoms with Crippen LogP contribution in [0.5, 0.6) is 0 Å². The second-order valence-corrected chi connectivity index (χ2v) is 17.4. The number of carbonyl (C=O) groups is 1. The molecule has 258 valence electrons. The summed E-state index contributed by atoms with van der Waals surface area (Å²) in [5.74, 6) is 6.08. The van der Waals surface area contributed by atoms with Gasteiger partial charge in [0.2, 0.25) is 0 Å². The molecule has 9 unspecified atom stereocenters. The molecule has 4 rings (SSSR count). The van der Waals surface area contributed by atoms with E-state index >= 15 is 0 Å². The lowest BCUT2D eigenvalue weighted by atomic mass is 9.47. The van der Waals surface area contributed by atoms with Gasteiger partial charge >= 0.3 is 5.97 Å². The second-order valence-electron chi connectivity index (χ2n) is 17.4. The zero-order valence-electron chi connectivity index (χ0n) is 31.0. The van der Waals surface area contributed by atoms with Crippen molar-refractivity contribution in [3.8, 4) is 0 Å². The maximum absolute atomic E-state index is 12.8. The normalized spacial score (nSPS) is 34.2. The van der Waals surface area contributed by atoms with Crippen LogP contribution in [-0.4, -0.2) is 12.1 Å². The quantitative estimate of drug-likeness (QED) is 0.0863. The molecule has 0 N–H and O–H groups in total. The Kier molecular flexibility index (Phi) is 14.2. The number of esters is 1. The summed E-state index contributed by atoms with van der Waals surface area (Å²) in [6, 6.07) is 0. The number of rotatable bonds is 18. The minimum absolute atomic E-state index is 0.0511. The Morgan fingerprint density at radius 3 is 2.31 bits per heavy atom. The van der Waals surface area contributed by atoms with Crippen molar-refractivity contribution in [1.29, 1.82) is 0 Å². The van der Waals surface area contributed by atoms with Crippen molar-refractivity contribution in [1.82, 2.24) is 0 Å². The molecule has 3 saturated carbocycles. The predicted molar refractivity (Wildman–Crippen MR) is 193 cm³/mol. The fourth-order valence-electron chi connectivity index (χ4n) is 10.8. The topological polar surface area (TPSA) is 26.3 Å². The standard InChI is InChI=1S/C43H74O2/c1-8-9-10-11-12-13-14-15-16-17-18-19-20-41(44)45-36-27-29-42(6)35(31-36)23-24-37-39-26-25-38(43(39,7)30-28-40(37)42)34(5)22-21-33(4)32(2)3/h12-13,23,32-34,36-40H,8-11,14-22,24-31H2,1-7H3/b13-12-. The van der Waals surface area contributed by atoms with Crippen molar-refractivity contribution in [3.05, 3.63) is 23.8 Å². The Bertz CT molecular complexity index is 961. The molecule has 4 aliphatic rings. The maximum atomic E-state index is 12.8. The van der Waals surface area contributed by atoms with Crippen LogP contribution >= 0.6 is 0 Å². The first-order valence-corrected chi connectivity index (χ1v) is 20.1. The Morgan fingerprint density at radius 1 is 0.867 bits per heavy atom. The molecule has 0 aromatic rings. The van der Waals surface area contributed by atoms with E-state index in [9.17, 15) is 4.79 Å². The lowest BCUT2D eigenvalue weighted by Crippen LogP contribution is -2.51. The Morgan fingerprint density at radius 2 is 1.58 bits per heavy atom. The van der Waals surface area contributed by atoms with E-state index in [2.05, 4.69) is 66.7 Å². The number of carbonyl (C=O) groups excluding carboxylic acids is 1. The van der Waals surface area contributed by atoms with Crippen molar-refractivity contribution < 1.29 is 9.53 Å². The number of fused-ring (bicyclic) bond motifs is 5. The summed E-state index contributed by atoms with van der Waals surface area (Å²) >= 11 is 0. The lowest BCUT2D eigenvalue weighted by molar-refractivity contribution is -0.151. The minimum Gasteiger partial charge on any atom is -0.462 e. The molecule has 45 heavy (non-hydrogen) atoms. The number of allylic oxidation sites excluding steroid dienone is 3. The molecule has 3 fully saturated rings. The van der Waals surface area contributed by atoms with Gasteiger partial charge in [-0.05, 0) is 129 Å². The Balaban J connectivity index is 1.19. The molecule has 0 amide bonds. The van der Waals surface area contributed by atoms with Crippen molar-refractivity contribution in [2.75, 3.05) is 0 Å². The summed E-state index contributed by atoms with van der Waals surface area (Å²) in [7, 11) is 0. The highest BCUT2D eigenvalue weighted by Gasteiger charge is 2.59. The smallest absolute Gasteiger partial charge is 0.306 e. The van der Waals surface area contributed by atoms with Gasteiger partial charge in [-0.3, -0.25) is 4.79 Å². The van der Waals surface area contributed by atoms with Gasteiger partial charge in [-0.1, -0.05) is 117 Å². The molecular formula is C43H74O2. The summed E-state index contributed by atoms with van der Waals surface area (Å²) in [6.45, 7) is 17.4. The van der Waals surface area contributed by atoms with Crippen LogP contribution in [0, 0.1) is 52.3 Å². The van der Waals surface area contributed by atoms with Crippen molar-refractivity contribution in [2.45, 2.75) is 189 Å². The van der Waals surface area contributed by atoms with Gasteiger partial charge in [-0.2, -0.15) is 0 Å². The minimum atomic E-state index is 0.0511. The van der Waals surface area contributed by atoms with E-state index in [1.54, 1.807) is 5.57 Å². The van der Waals surface area contributed by atoms with Gasteiger partial charge in [-0.15, -0.1) is 0 Å². The van der Waals surface area contributed by atoms with E-state index in [1.165, 1.54) is 103 Å². The second kappa shape index (κ2) is 17.4. The summed E-state index contributed by atoms with van der Waals surface area (Å²) in [4.78, 5) is 12.8. The number of hydrogen-bond donors (Lipinski definition) is 0. The number of ether oxygens (including phenoxy) is 1. The molecular weight excluding hydrogens is 548 g/mol. The lowest BCUT2D eigenvalue weighted by Gasteiger charge is -2.58. The van der Waals surface area contributed by atoms with E-state index in [4.69, 9.17) is 4.74 Å². The van der Waals surface area contributed by atoms with Gasteiger partial charge in [-0.25, -0.2) is 0 Å². The monoisotopic (exact) mass is 623 g/mol. The predicted octanol–water partition coefficient (Wildman–Crippen LogP) is 13.1.